The van der Waals surface area contributed by atoms with Crippen molar-refractivity contribution in [3.05, 3.63) is 52.5 Å². The van der Waals surface area contributed by atoms with Gasteiger partial charge >= 0.3 is 6.03 Å². The largest absolute Gasteiger partial charge is 0.493 e. The maximum absolute atomic E-state index is 11.8. The van der Waals surface area contributed by atoms with Crippen LogP contribution in [0.15, 0.2) is 46.9 Å². The Balaban J connectivity index is 1.68. The molecule has 0 saturated heterocycles. The fraction of sp³-hybridized carbons (Fsp3) is 0.250. The minimum atomic E-state index is -0.299. The van der Waals surface area contributed by atoms with Crippen molar-refractivity contribution < 1.29 is 19.0 Å². The first kappa shape index (κ1) is 20.5. The Kier molecular flexibility index (Phi) is 8.33. The summed E-state index contributed by atoms with van der Waals surface area (Å²) in [5.74, 6) is 7.69. The molecule has 0 saturated carbocycles. The number of halogens is 1. The van der Waals surface area contributed by atoms with Gasteiger partial charge in [-0.3, -0.25) is 0 Å². The van der Waals surface area contributed by atoms with Gasteiger partial charge in [-0.25, -0.2) is 4.79 Å². The van der Waals surface area contributed by atoms with Crippen molar-refractivity contribution in [2.75, 3.05) is 27.4 Å². The molecule has 0 aliphatic carbocycles. The van der Waals surface area contributed by atoms with Crippen LogP contribution in [0.5, 0.6) is 17.2 Å². The normalized spacial score (nSPS) is 9.59. The van der Waals surface area contributed by atoms with Crippen LogP contribution >= 0.6 is 15.9 Å². The van der Waals surface area contributed by atoms with Gasteiger partial charge in [-0.1, -0.05) is 39.9 Å². The first-order valence-electron chi connectivity index (χ1n) is 8.19. The number of urea groups is 1. The van der Waals surface area contributed by atoms with Crippen LogP contribution in [-0.4, -0.2) is 33.4 Å². The highest BCUT2D eigenvalue weighted by Gasteiger charge is 2.05. The van der Waals surface area contributed by atoms with Crippen LogP contribution in [0.25, 0.3) is 0 Å². The maximum Gasteiger partial charge on any atom is 0.315 e. The van der Waals surface area contributed by atoms with Crippen molar-refractivity contribution in [1.82, 2.24) is 10.6 Å². The van der Waals surface area contributed by atoms with Gasteiger partial charge in [0.05, 0.1) is 20.8 Å². The number of carbonyl (C=O) groups is 1. The molecular weight excluding hydrogens is 412 g/mol. The van der Waals surface area contributed by atoms with Crippen molar-refractivity contribution >= 4 is 22.0 Å². The summed E-state index contributed by atoms with van der Waals surface area (Å²) in [4.78, 5) is 11.8. The van der Waals surface area contributed by atoms with E-state index in [0.717, 1.165) is 15.8 Å². The molecule has 2 aromatic carbocycles. The molecule has 7 heteroatoms. The highest BCUT2D eigenvalue weighted by Crippen LogP contribution is 2.27. The van der Waals surface area contributed by atoms with Gasteiger partial charge in [0, 0.05) is 11.0 Å². The number of ether oxygens (including phenoxy) is 3. The van der Waals surface area contributed by atoms with E-state index >= 15 is 0 Å². The Labute approximate surface area is 167 Å². The first-order chi connectivity index (χ1) is 13.1. The lowest BCUT2D eigenvalue weighted by molar-refractivity contribution is 0.241. The number of carbonyl (C=O) groups excluding carboxylic acids is 1. The van der Waals surface area contributed by atoms with Crippen molar-refractivity contribution in [3.8, 4) is 29.1 Å². The average molecular weight is 433 g/mol. The Morgan fingerprint density at radius 3 is 2.59 bits per heavy atom. The average Bonchev–Trinajstić information content (AvgIpc) is 2.68. The fourth-order valence-electron chi connectivity index (χ4n) is 2.15. The molecule has 0 heterocycles. The lowest BCUT2D eigenvalue weighted by atomic mass is 10.2. The number of amides is 2. The summed E-state index contributed by atoms with van der Waals surface area (Å²) in [6.45, 7) is 0.858. The third kappa shape index (κ3) is 7.12. The van der Waals surface area contributed by atoms with E-state index in [2.05, 4.69) is 38.4 Å². The molecule has 2 rings (SSSR count). The van der Waals surface area contributed by atoms with E-state index in [4.69, 9.17) is 14.2 Å². The molecule has 0 bridgehead atoms. The van der Waals surface area contributed by atoms with Crippen LogP contribution in [0.1, 0.15) is 5.56 Å². The highest BCUT2D eigenvalue weighted by atomic mass is 79.9. The van der Waals surface area contributed by atoms with E-state index < -0.39 is 0 Å². The predicted octanol–water partition coefficient (Wildman–Crippen LogP) is 3.35. The molecule has 0 spiro atoms. The third-order valence-electron chi connectivity index (χ3n) is 3.47. The third-order valence-corrected chi connectivity index (χ3v) is 3.96. The first-order valence-corrected chi connectivity index (χ1v) is 8.98. The molecule has 0 radical (unpaired) electrons. The zero-order chi connectivity index (χ0) is 19.5. The zero-order valence-corrected chi connectivity index (χ0v) is 16.8. The molecule has 0 aliphatic heterocycles. The van der Waals surface area contributed by atoms with Crippen molar-refractivity contribution in [2.24, 2.45) is 0 Å². The standard InChI is InChI=1S/C20H21BrN2O4/c1-25-18-9-8-15(12-19(18)26-2)14-23-20(24)22-10-3-4-11-27-17-7-5-6-16(21)13-17/h5-9,12-13H,10-11,14H2,1-2H3,(H2,22,23,24). The van der Waals surface area contributed by atoms with Gasteiger partial charge in [0.25, 0.3) is 0 Å². The van der Waals surface area contributed by atoms with Crippen LogP contribution in [0.4, 0.5) is 4.79 Å². The van der Waals surface area contributed by atoms with Gasteiger partial charge in [0.1, 0.15) is 12.4 Å². The number of hydrogen-bond donors (Lipinski definition) is 2. The van der Waals surface area contributed by atoms with Crippen molar-refractivity contribution in [2.45, 2.75) is 6.54 Å². The quantitative estimate of drug-likeness (QED) is 0.658. The van der Waals surface area contributed by atoms with E-state index in [1.165, 1.54) is 0 Å². The molecule has 0 atom stereocenters. The Hall–Kier alpha value is -2.85. The molecule has 6 nitrogen and oxygen atoms in total. The molecular formula is C20H21BrN2O4. The minimum Gasteiger partial charge on any atom is -0.493 e. The van der Waals surface area contributed by atoms with E-state index in [1.54, 1.807) is 20.3 Å². The summed E-state index contributed by atoms with van der Waals surface area (Å²) in [6.07, 6.45) is 0. The second kappa shape index (κ2) is 11.0. The van der Waals surface area contributed by atoms with Gasteiger partial charge in [-0.2, -0.15) is 0 Å². The topological polar surface area (TPSA) is 68.8 Å². The van der Waals surface area contributed by atoms with E-state index in [1.807, 2.05) is 36.4 Å². The zero-order valence-electron chi connectivity index (χ0n) is 15.2. The molecule has 0 aromatic heterocycles. The SMILES string of the molecule is COc1ccc(CNC(=O)NCC#CCOc2cccc(Br)c2)cc1OC. The van der Waals surface area contributed by atoms with Gasteiger partial charge in [0.15, 0.2) is 11.5 Å². The summed E-state index contributed by atoms with van der Waals surface area (Å²) in [5, 5.41) is 5.43. The molecule has 0 aliphatic rings. The molecule has 2 amide bonds. The maximum atomic E-state index is 11.8. The van der Waals surface area contributed by atoms with Crippen LogP contribution in [0, 0.1) is 11.8 Å². The summed E-state index contributed by atoms with van der Waals surface area (Å²) in [5.41, 5.74) is 0.899. The molecule has 2 N–H and O–H groups in total. The van der Waals surface area contributed by atoms with Crippen LogP contribution in [-0.2, 0) is 6.54 Å². The predicted molar refractivity (Wildman–Crippen MR) is 107 cm³/mol. The Morgan fingerprint density at radius 2 is 1.85 bits per heavy atom. The summed E-state index contributed by atoms with van der Waals surface area (Å²) in [6, 6.07) is 12.7. The lowest BCUT2D eigenvalue weighted by Crippen LogP contribution is -2.35. The van der Waals surface area contributed by atoms with Crippen LogP contribution in [0.2, 0.25) is 0 Å². The summed E-state index contributed by atoms with van der Waals surface area (Å²) >= 11 is 3.37. The summed E-state index contributed by atoms with van der Waals surface area (Å²) < 4.78 is 16.9. The molecule has 0 unspecified atom stereocenters. The molecule has 2 aromatic rings. The van der Waals surface area contributed by atoms with E-state index in [9.17, 15) is 4.79 Å². The molecule has 27 heavy (non-hydrogen) atoms. The number of benzene rings is 2. The minimum absolute atomic E-state index is 0.236. The van der Waals surface area contributed by atoms with Gasteiger partial charge in [0.2, 0.25) is 0 Å². The van der Waals surface area contributed by atoms with Gasteiger partial charge in [-0.15, -0.1) is 0 Å². The molecule has 0 fully saturated rings. The number of hydrogen-bond acceptors (Lipinski definition) is 4. The Bertz CT molecular complexity index is 830. The Morgan fingerprint density at radius 1 is 1.04 bits per heavy atom. The van der Waals surface area contributed by atoms with E-state index in [-0.39, 0.29) is 19.2 Å². The van der Waals surface area contributed by atoms with Crippen molar-refractivity contribution in [3.63, 3.8) is 0 Å². The van der Waals surface area contributed by atoms with Crippen molar-refractivity contribution in [1.29, 1.82) is 0 Å². The fourth-order valence-corrected chi connectivity index (χ4v) is 2.53. The summed E-state index contributed by atoms with van der Waals surface area (Å²) in [7, 11) is 3.15. The van der Waals surface area contributed by atoms with E-state index in [0.29, 0.717) is 18.0 Å². The second-order valence-electron chi connectivity index (χ2n) is 5.33. The van der Waals surface area contributed by atoms with Crippen LogP contribution in [0.3, 0.4) is 0 Å². The number of rotatable bonds is 7. The molecule has 142 valence electrons. The lowest BCUT2D eigenvalue weighted by Gasteiger charge is -2.10. The monoisotopic (exact) mass is 432 g/mol. The number of methoxy groups -OCH3 is 2. The smallest absolute Gasteiger partial charge is 0.315 e. The second-order valence-corrected chi connectivity index (χ2v) is 6.24. The van der Waals surface area contributed by atoms with Crippen LogP contribution < -0.4 is 24.8 Å². The van der Waals surface area contributed by atoms with Gasteiger partial charge in [-0.05, 0) is 35.9 Å². The highest BCUT2D eigenvalue weighted by molar-refractivity contribution is 9.10. The number of nitrogens with one attached hydrogen (secondary N) is 2. The van der Waals surface area contributed by atoms with Gasteiger partial charge < -0.3 is 24.8 Å².